The zero-order valence-electron chi connectivity index (χ0n) is 20.2. The van der Waals surface area contributed by atoms with Crippen LogP contribution in [-0.4, -0.2) is 62.8 Å². The van der Waals surface area contributed by atoms with Gasteiger partial charge in [0.2, 0.25) is 15.9 Å². The highest BCUT2D eigenvalue weighted by atomic mass is 32.2. The van der Waals surface area contributed by atoms with E-state index < -0.39 is 10.0 Å². The van der Waals surface area contributed by atoms with Crippen molar-refractivity contribution in [1.82, 2.24) is 9.21 Å². The van der Waals surface area contributed by atoms with Gasteiger partial charge in [0.25, 0.3) is 0 Å². The third kappa shape index (κ3) is 4.94. The van der Waals surface area contributed by atoms with E-state index in [2.05, 4.69) is 36.1 Å². The van der Waals surface area contributed by atoms with Crippen molar-refractivity contribution in [1.29, 1.82) is 0 Å². The van der Waals surface area contributed by atoms with Crippen molar-refractivity contribution in [2.24, 2.45) is 5.92 Å². The summed E-state index contributed by atoms with van der Waals surface area (Å²) in [5.41, 5.74) is 5.09. The van der Waals surface area contributed by atoms with E-state index in [0.29, 0.717) is 43.9 Å². The molecule has 178 valence electrons. The SMILES string of the molecule is Cc1cccc(N2CCN(C(=O)C3CCN(S(=O)(=O)c4c(C)cc(C)cc4C)CC3)CC2)c1. The first-order chi connectivity index (χ1) is 15.7. The van der Waals surface area contributed by atoms with Crippen LogP contribution >= 0.6 is 0 Å². The largest absolute Gasteiger partial charge is 0.368 e. The number of sulfonamides is 1. The van der Waals surface area contributed by atoms with E-state index in [0.717, 1.165) is 29.8 Å². The maximum absolute atomic E-state index is 13.3. The first-order valence-corrected chi connectivity index (χ1v) is 13.3. The quantitative estimate of drug-likeness (QED) is 0.686. The van der Waals surface area contributed by atoms with Crippen LogP contribution < -0.4 is 4.90 Å². The predicted molar refractivity (Wildman–Crippen MR) is 132 cm³/mol. The lowest BCUT2D eigenvalue weighted by atomic mass is 9.96. The molecule has 0 aliphatic carbocycles. The van der Waals surface area contributed by atoms with Gasteiger partial charge in [-0.2, -0.15) is 4.31 Å². The Balaban J connectivity index is 1.35. The minimum atomic E-state index is -3.55. The van der Waals surface area contributed by atoms with Crippen LogP contribution in [0.4, 0.5) is 5.69 Å². The summed E-state index contributed by atoms with van der Waals surface area (Å²) < 4.78 is 28.2. The summed E-state index contributed by atoms with van der Waals surface area (Å²) in [6.07, 6.45) is 1.17. The number of aryl methyl sites for hydroxylation is 4. The summed E-state index contributed by atoms with van der Waals surface area (Å²) in [5.74, 6) is 0.0841. The summed E-state index contributed by atoms with van der Waals surface area (Å²) in [5, 5.41) is 0. The molecule has 2 heterocycles. The maximum Gasteiger partial charge on any atom is 0.243 e. The van der Waals surface area contributed by atoms with Gasteiger partial charge in [0.05, 0.1) is 4.90 Å². The van der Waals surface area contributed by atoms with E-state index >= 15 is 0 Å². The molecule has 0 radical (unpaired) electrons. The zero-order valence-corrected chi connectivity index (χ0v) is 21.0. The number of amides is 1. The molecular weight excluding hydrogens is 434 g/mol. The number of piperazine rings is 1. The Morgan fingerprint density at radius 2 is 1.42 bits per heavy atom. The molecule has 4 rings (SSSR count). The normalized spacial score (nSPS) is 18.5. The van der Waals surface area contributed by atoms with Crippen LogP contribution in [0.25, 0.3) is 0 Å². The van der Waals surface area contributed by atoms with Crippen LogP contribution in [0.1, 0.15) is 35.1 Å². The van der Waals surface area contributed by atoms with Gasteiger partial charge in [0.1, 0.15) is 0 Å². The molecular formula is C26H35N3O3S. The van der Waals surface area contributed by atoms with Crippen LogP contribution in [0.5, 0.6) is 0 Å². The number of carbonyl (C=O) groups excluding carboxylic acids is 1. The fourth-order valence-corrected chi connectivity index (χ4v) is 7.20. The number of rotatable bonds is 4. The molecule has 2 saturated heterocycles. The van der Waals surface area contributed by atoms with Crippen molar-refractivity contribution in [3.8, 4) is 0 Å². The Morgan fingerprint density at radius 1 is 0.818 bits per heavy atom. The molecule has 7 heteroatoms. The second-order valence-corrected chi connectivity index (χ2v) is 11.4. The number of nitrogens with zero attached hydrogens (tertiary/aromatic N) is 3. The van der Waals surface area contributed by atoms with E-state index in [4.69, 9.17) is 0 Å². The molecule has 2 aliphatic heterocycles. The Labute approximate surface area is 198 Å². The Hall–Kier alpha value is -2.38. The van der Waals surface area contributed by atoms with Crippen LogP contribution in [-0.2, 0) is 14.8 Å². The van der Waals surface area contributed by atoms with Gasteiger partial charge in [-0.25, -0.2) is 8.42 Å². The number of piperidine rings is 1. The average Bonchev–Trinajstić information content (AvgIpc) is 2.78. The highest BCUT2D eigenvalue weighted by Gasteiger charge is 2.35. The number of anilines is 1. The van der Waals surface area contributed by atoms with Crippen molar-refractivity contribution in [2.45, 2.75) is 45.4 Å². The van der Waals surface area contributed by atoms with Crippen LogP contribution in [0, 0.1) is 33.6 Å². The molecule has 0 N–H and O–H groups in total. The molecule has 0 atom stereocenters. The molecule has 2 aromatic carbocycles. The van der Waals surface area contributed by atoms with Gasteiger partial charge in [0, 0.05) is 50.9 Å². The number of benzene rings is 2. The Bertz CT molecular complexity index is 1110. The molecule has 0 aromatic heterocycles. The fraction of sp³-hybridized carbons (Fsp3) is 0.500. The second-order valence-electron chi connectivity index (χ2n) is 9.56. The molecule has 0 saturated carbocycles. The highest BCUT2D eigenvalue weighted by Crippen LogP contribution is 2.30. The number of hydrogen-bond donors (Lipinski definition) is 0. The van der Waals surface area contributed by atoms with E-state index in [1.165, 1.54) is 11.3 Å². The Kier molecular flexibility index (Phi) is 6.82. The molecule has 1 amide bonds. The van der Waals surface area contributed by atoms with Gasteiger partial charge < -0.3 is 9.80 Å². The number of carbonyl (C=O) groups is 1. The second kappa shape index (κ2) is 9.47. The summed E-state index contributed by atoms with van der Waals surface area (Å²) in [6, 6.07) is 12.3. The average molecular weight is 470 g/mol. The van der Waals surface area contributed by atoms with Gasteiger partial charge >= 0.3 is 0 Å². The van der Waals surface area contributed by atoms with Gasteiger partial charge in [0.15, 0.2) is 0 Å². The Morgan fingerprint density at radius 3 is 2.00 bits per heavy atom. The standard InChI is InChI=1S/C26H35N3O3S/c1-19-6-5-7-24(18-19)27-12-14-28(15-13-27)26(30)23-8-10-29(11-9-23)33(31,32)25-21(3)16-20(2)17-22(25)4/h5-7,16-18,23H,8-15H2,1-4H3. The smallest absolute Gasteiger partial charge is 0.243 e. The van der Waals surface area contributed by atoms with E-state index in [1.54, 1.807) is 4.31 Å². The molecule has 33 heavy (non-hydrogen) atoms. The molecule has 2 fully saturated rings. The van der Waals surface area contributed by atoms with Crippen molar-refractivity contribution in [3.05, 3.63) is 58.7 Å². The predicted octanol–water partition coefficient (Wildman–Crippen LogP) is 3.67. The topological polar surface area (TPSA) is 60.9 Å². The number of hydrogen-bond acceptors (Lipinski definition) is 4. The first kappa shape index (κ1) is 23.8. The molecule has 2 aliphatic rings. The van der Waals surface area contributed by atoms with E-state index in [9.17, 15) is 13.2 Å². The molecule has 0 unspecified atom stereocenters. The summed E-state index contributed by atoms with van der Waals surface area (Å²) in [6.45, 7) is 11.7. The fourth-order valence-electron chi connectivity index (χ4n) is 5.31. The van der Waals surface area contributed by atoms with Gasteiger partial charge in [-0.05, 0) is 69.4 Å². The third-order valence-electron chi connectivity index (χ3n) is 6.96. The summed E-state index contributed by atoms with van der Waals surface area (Å²) >= 11 is 0. The molecule has 0 bridgehead atoms. The van der Waals surface area contributed by atoms with Crippen LogP contribution in [0.3, 0.4) is 0 Å². The first-order valence-electron chi connectivity index (χ1n) is 11.8. The van der Waals surface area contributed by atoms with Gasteiger partial charge in [-0.1, -0.05) is 29.8 Å². The zero-order chi connectivity index (χ0) is 23.8. The molecule has 2 aromatic rings. The molecule has 0 spiro atoms. The van der Waals surface area contributed by atoms with Crippen molar-refractivity contribution in [3.63, 3.8) is 0 Å². The van der Waals surface area contributed by atoms with Gasteiger partial charge in [-0.3, -0.25) is 4.79 Å². The lowest BCUT2D eigenvalue weighted by Gasteiger charge is -2.39. The highest BCUT2D eigenvalue weighted by molar-refractivity contribution is 7.89. The minimum Gasteiger partial charge on any atom is -0.368 e. The third-order valence-corrected chi connectivity index (χ3v) is 9.17. The lowest BCUT2D eigenvalue weighted by molar-refractivity contribution is -0.137. The lowest BCUT2D eigenvalue weighted by Crippen LogP contribution is -2.52. The van der Waals surface area contributed by atoms with E-state index in [-0.39, 0.29) is 11.8 Å². The molecule has 6 nitrogen and oxygen atoms in total. The van der Waals surface area contributed by atoms with Crippen molar-refractivity contribution >= 4 is 21.6 Å². The van der Waals surface area contributed by atoms with Crippen LogP contribution in [0.15, 0.2) is 41.3 Å². The maximum atomic E-state index is 13.3. The van der Waals surface area contributed by atoms with Crippen LogP contribution in [0.2, 0.25) is 0 Å². The minimum absolute atomic E-state index is 0.0952. The monoisotopic (exact) mass is 469 g/mol. The van der Waals surface area contributed by atoms with Crippen molar-refractivity contribution in [2.75, 3.05) is 44.2 Å². The van der Waals surface area contributed by atoms with E-state index in [1.807, 2.05) is 37.8 Å². The van der Waals surface area contributed by atoms with Gasteiger partial charge in [-0.15, -0.1) is 0 Å². The summed E-state index contributed by atoms with van der Waals surface area (Å²) in [7, 11) is -3.55. The summed E-state index contributed by atoms with van der Waals surface area (Å²) in [4.78, 5) is 17.9. The van der Waals surface area contributed by atoms with Crippen molar-refractivity contribution < 1.29 is 13.2 Å².